The van der Waals surface area contributed by atoms with Crippen LogP contribution >= 0.6 is 11.8 Å². The third-order valence-corrected chi connectivity index (χ3v) is 4.74. The van der Waals surface area contributed by atoms with Gasteiger partial charge in [-0.1, -0.05) is 18.2 Å². The van der Waals surface area contributed by atoms with Crippen LogP contribution in [0.3, 0.4) is 0 Å². The highest BCUT2D eigenvalue weighted by Gasteiger charge is 2.35. The van der Waals surface area contributed by atoms with Crippen molar-refractivity contribution in [2.75, 3.05) is 25.1 Å². The lowest BCUT2D eigenvalue weighted by atomic mass is 10.1. The molecule has 7 nitrogen and oxygen atoms in total. The molecule has 8 heteroatoms. The average molecular weight is 380 g/mol. The highest BCUT2D eigenvalue weighted by molar-refractivity contribution is 7.98. The van der Waals surface area contributed by atoms with Crippen molar-refractivity contribution in [2.24, 2.45) is 0 Å². The molecule has 1 aliphatic rings. The lowest BCUT2D eigenvalue weighted by molar-refractivity contribution is -0.167. The molecule has 1 fully saturated rings. The minimum absolute atomic E-state index is 0.0184. The molecule has 2 unspecified atom stereocenters. The molecule has 142 valence electrons. The van der Waals surface area contributed by atoms with E-state index >= 15 is 0 Å². The molecule has 26 heavy (non-hydrogen) atoms. The highest BCUT2D eigenvalue weighted by atomic mass is 32.2. The van der Waals surface area contributed by atoms with E-state index in [0.717, 1.165) is 0 Å². The summed E-state index contributed by atoms with van der Waals surface area (Å²) >= 11 is 1.58. The number of carbonyl (C=O) groups excluding carboxylic acids is 2. The van der Waals surface area contributed by atoms with E-state index in [-0.39, 0.29) is 24.5 Å². The molecule has 0 saturated carbocycles. The van der Waals surface area contributed by atoms with Gasteiger partial charge >= 0.3 is 5.97 Å². The van der Waals surface area contributed by atoms with E-state index in [1.165, 1.54) is 4.90 Å². The Morgan fingerprint density at radius 3 is 2.62 bits per heavy atom. The van der Waals surface area contributed by atoms with Crippen molar-refractivity contribution >= 4 is 29.5 Å². The molecule has 0 aliphatic carbocycles. The Morgan fingerprint density at radius 2 is 2.00 bits per heavy atom. The number of ether oxygens (including phenoxy) is 1. The zero-order valence-electron chi connectivity index (χ0n) is 14.9. The van der Waals surface area contributed by atoms with E-state index in [0.29, 0.717) is 24.3 Å². The van der Waals surface area contributed by atoms with Gasteiger partial charge in [0.15, 0.2) is 6.10 Å². The second-order valence-corrected chi connectivity index (χ2v) is 7.18. The number of aliphatic carboxylic acids is 1. The molecule has 1 aliphatic heterocycles. The number of carbonyl (C=O) groups is 3. The number of hydrogen-bond acceptors (Lipinski definition) is 5. The van der Waals surface area contributed by atoms with E-state index in [4.69, 9.17) is 4.74 Å². The zero-order chi connectivity index (χ0) is 19.1. The highest BCUT2D eigenvalue weighted by Crippen LogP contribution is 2.15. The largest absolute Gasteiger partial charge is 0.479 e. The molecule has 2 N–H and O–H groups in total. The summed E-state index contributed by atoms with van der Waals surface area (Å²) in [6, 6.07) is 8.00. The molecule has 1 saturated heterocycles. The smallest absolute Gasteiger partial charge is 0.334 e. The van der Waals surface area contributed by atoms with Gasteiger partial charge in [-0.05, 0) is 37.5 Å². The summed E-state index contributed by atoms with van der Waals surface area (Å²) in [5.74, 6) is -0.984. The van der Waals surface area contributed by atoms with Gasteiger partial charge in [-0.15, -0.1) is 0 Å². The lowest BCUT2D eigenvalue weighted by Gasteiger charge is -2.36. The van der Waals surface area contributed by atoms with Crippen LogP contribution in [0.2, 0.25) is 0 Å². The van der Waals surface area contributed by atoms with E-state index in [2.05, 4.69) is 5.32 Å². The van der Waals surface area contributed by atoms with Crippen molar-refractivity contribution in [3.8, 4) is 0 Å². The standard InChI is InChI=1S/C18H24N2O5S/c1-12-10-20(11-15(25-12)18(23)24)17(22)14(8-9-26-2)19-16(21)13-6-4-3-5-7-13/h3-7,12,14-15H,8-11H2,1-2H3,(H,19,21)(H,23,24)/t12-,14?,15?/m1/s1. The molecule has 2 amide bonds. The Hall–Kier alpha value is -2.06. The monoisotopic (exact) mass is 380 g/mol. The van der Waals surface area contributed by atoms with Gasteiger partial charge in [0, 0.05) is 12.1 Å². The number of nitrogens with zero attached hydrogens (tertiary/aromatic N) is 1. The number of rotatable bonds is 7. The number of carboxylic acid groups (broad SMARTS) is 1. The summed E-state index contributed by atoms with van der Waals surface area (Å²) in [6.07, 6.45) is 0.980. The fraction of sp³-hybridized carbons (Fsp3) is 0.500. The second-order valence-electron chi connectivity index (χ2n) is 6.19. The molecule has 0 bridgehead atoms. The Labute approximate surface area is 157 Å². The quantitative estimate of drug-likeness (QED) is 0.739. The van der Waals surface area contributed by atoms with Crippen LogP contribution in [0.15, 0.2) is 30.3 Å². The third-order valence-electron chi connectivity index (χ3n) is 4.10. The molecule has 0 spiro atoms. The third kappa shape index (κ3) is 5.47. The van der Waals surface area contributed by atoms with Crippen LogP contribution in [0.5, 0.6) is 0 Å². The maximum atomic E-state index is 12.9. The zero-order valence-corrected chi connectivity index (χ0v) is 15.7. The Kier molecular flexibility index (Phi) is 7.47. The predicted molar refractivity (Wildman–Crippen MR) is 99.2 cm³/mol. The molecule has 2 rings (SSSR count). The van der Waals surface area contributed by atoms with E-state index in [1.54, 1.807) is 43.0 Å². The summed E-state index contributed by atoms with van der Waals surface area (Å²) in [7, 11) is 0. The minimum atomic E-state index is -1.09. The average Bonchev–Trinajstić information content (AvgIpc) is 2.64. The summed E-state index contributed by atoms with van der Waals surface area (Å²) < 4.78 is 5.35. The number of carboxylic acids is 1. The molecular weight excluding hydrogens is 356 g/mol. The normalized spacial score (nSPS) is 21.1. The number of amides is 2. The molecule has 1 aromatic carbocycles. The Bertz CT molecular complexity index is 640. The fourth-order valence-corrected chi connectivity index (χ4v) is 3.28. The summed E-state index contributed by atoms with van der Waals surface area (Å²) in [5.41, 5.74) is 0.480. The second kappa shape index (κ2) is 9.59. The summed E-state index contributed by atoms with van der Waals surface area (Å²) in [6.45, 7) is 2.02. The van der Waals surface area contributed by atoms with Gasteiger partial charge in [0.1, 0.15) is 6.04 Å². The molecule has 0 aromatic heterocycles. The molecule has 0 radical (unpaired) electrons. The van der Waals surface area contributed by atoms with Crippen LogP contribution in [0.4, 0.5) is 0 Å². The maximum Gasteiger partial charge on any atom is 0.334 e. The predicted octanol–water partition coefficient (Wildman–Crippen LogP) is 1.24. The first-order valence-electron chi connectivity index (χ1n) is 8.44. The Balaban J connectivity index is 2.10. The van der Waals surface area contributed by atoms with Crippen molar-refractivity contribution in [3.05, 3.63) is 35.9 Å². The molecular formula is C18H24N2O5S. The minimum Gasteiger partial charge on any atom is -0.479 e. The Morgan fingerprint density at radius 1 is 1.31 bits per heavy atom. The van der Waals surface area contributed by atoms with E-state index < -0.39 is 18.1 Å². The topological polar surface area (TPSA) is 95.9 Å². The number of benzene rings is 1. The van der Waals surface area contributed by atoms with Crippen LogP contribution in [-0.2, 0) is 14.3 Å². The van der Waals surface area contributed by atoms with Gasteiger partial charge in [-0.25, -0.2) is 4.79 Å². The number of nitrogens with one attached hydrogen (secondary N) is 1. The number of hydrogen-bond donors (Lipinski definition) is 2. The van der Waals surface area contributed by atoms with Crippen LogP contribution in [-0.4, -0.2) is 71.1 Å². The molecule has 3 atom stereocenters. The van der Waals surface area contributed by atoms with Gasteiger partial charge in [0.05, 0.1) is 12.6 Å². The van der Waals surface area contributed by atoms with Crippen LogP contribution in [0.25, 0.3) is 0 Å². The van der Waals surface area contributed by atoms with Gasteiger partial charge < -0.3 is 20.1 Å². The first-order chi connectivity index (χ1) is 12.4. The van der Waals surface area contributed by atoms with E-state index in [1.807, 2.05) is 12.3 Å². The van der Waals surface area contributed by atoms with E-state index in [9.17, 15) is 19.5 Å². The van der Waals surface area contributed by atoms with Crippen molar-refractivity contribution in [1.29, 1.82) is 0 Å². The van der Waals surface area contributed by atoms with Gasteiger partial charge in [-0.3, -0.25) is 9.59 Å². The molecule has 1 heterocycles. The lowest BCUT2D eigenvalue weighted by Crippen LogP contribution is -2.57. The SMILES string of the molecule is CSCCC(NC(=O)c1ccccc1)C(=O)N1CC(C(=O)O)O[C@H](C)C1. The van der Waals surface area contributed by atoms with Crippen molar-refractivity contribution in [3.63, 3.8) is 0 Å². The number of thioether (sulfide) groups is 1. The first kappa shape index (κ1) is 20.3. The van der Waals surface area contributed by atoms with Crippen LogP contribution in [0.1, 0.15) is 23.7 Å². The van der Waals surface area contributed by atoms with Crippen LogP contribution < -0.4 is 5.32 Å². The summed E-state index contributed by atoms with van der Waals surface area (Å²) in [5, 5.41) is 12.0. The summed E-state index contributed by atoms with van der Waals surface area (Å²) in [4.78, 5) is 38.1. The maximum absolute atomic E-state index is 12.9. The van der Waals surface area contributed by atoms with Gasteiger partial charge in [-0.2, -0.15) is 11.8 Å². The van der Waals surface area contributed by atoms with Crippen LogP contribution in [0, 0.1) is 0 Å². The fourth-order valence-electron chi connectivity index (χ4n) is 2.81. The first-order valence-corrected chi connectivity index (χ1v) is 9.83. The van der Waals surface area contributed by atoms with Crippen molar-refractivity contribution in [2.45, 2.75) is 31.6 Å². The van der Waals surface area contributed by atoms with Gasteiger partial charge in [0.2, 0.25) is 5.91 Å². The molecule has 1 aromatic rings. The van der Waals surface area contributed by atoms with Crippen molar-refractivity contribution < 1.29 is 24.2 Å². The number of morpholine rings is 1. The van der Waals surface area contributed by atoms with Gasteiger partial charge in [0.25, 0.3) is 5.91 Å². The van der Waals surface area contributed by atoms with Crippen molar-refractivity contribution in [1.82, 2.24) is 10.2 Å².